The van der Waals surface area contributed by atoms with Crippen LogP contribution in [-0.2, 0) is 26.1 Å². The van der Waals surface area contributed by atoms with Gasteiger partial charge in [0.15, 0.2) is 5.75 Å². The number of rotatable bonds is 2. The second-order valence-corrected chi connectivity index (χ2v) is 9.40. The molecule has 25 heavy (non-hydrogen) atoms. The molecule has 0 spiro atoms. The second-order valence-electron chi connectivity index (χ2n) is 5.35. The van der Waals surface area contributed by atoms with Gasteiger partial charge in [-0.15, -0.1) is 0 Å². The van der Waals surface area contributed by atoms with Crippen LogP contribution in [0.25, 0.3) is 0 Å². The summed E-state index contributed by atoms with van der Waals surface area (Å²) in [6, 6.07) is 7.81. The van der Waals surface area contributed by atoms with Crippen LogP contribution in [-0.4, -0.2) is 21.1 Å². The predicted octanol–water partition coefficient (Wildman–Crippen LogP) is 4.39. The molecule has 0 radical (unpaired) electrons. The first kappa shape index (κ1) is 18.3. The quantitative estimate of drug-likeness (QED) is 0.634. The number of amides is 2. The van der Waals surface area contributed by atoms with Crippen molar-refractivity contribution in [3.8, 4) is 5.75 Å². The SMILES string of the molecule is O=S=S1CCCc2ccc(NC(=O)Nc3cccc(Cl)c3Cl)c(O)c21. The van der Waals surface area contributed by atoms with Crippen molar-refractivity contribution >= 4 is 60.3 Å². The highest BCUT2D eigenvalue weighted by Gasteiger charge is 2.21. The number of aryl methyl sites for hydroxylation is 1. The molecule has 0 fully saturated rings. The van der Waals surface area contributed by atoms with Crippen molar-refractivity contribution in [3.05, 3.63) is 45.9 Å². The summed E-state index contributed by atoms with van der Waals surface area (Å²) in [6.07, 6.45) is 1.74. The van der Waals surface area contributed by atoms with Gasteiger partial charge in [0.1, 0.15) is 10.2 Å². The molecule has 1 atom stereocenters. The molecule has 0 saturated heterocycles. The van der Waals surface area contributed by atoms with E-state index in [-0.39, 0.29) is 16.5 Å². The Labute approximate surface area is 160 Å². The van der Waals surface area contributed by atoms with E-state index in [1.165, 1.54) is 0 Å². The third-order valence-electron chi connectivity index (χ3n) is 3.75. The molecule has 1 aliphatic heterocycles. The summed E-state index contributed by atoms with van der Waals surface area (Å²) in [6.45, 7) is 0. The highest BCUT2D eigenvalue weighted by Crippen LogP contribution is 2.37. The summed E-state index contributed by atoms with van der Waals surface area (Å²) in [5, 5.41) is 16.3. The highest BCUT2D eigenvalue weighted by atomic mass is 35.5. The standard InChI is InChI=1S/C16H14Cl2N2O3S2/c17-10-4-1-5-11(13(10)18)19-16(22)20-12-7-6-9-3-2-8-25(24-23)15(9)14(12)21/h1,4-7,21H,2-3,8H2,(H2,19,20,22). The van der Waals surface area contributed by atoms with E-state index in [2.05, 4.69) is 10.6 Å². The van der Waals surface area contributed by atoms with Crippen LogP contribution in [0.5, 0.6) is 5.75 Å². The Kier molecular flexibility index (Phi) is 5.68. The van der Waals surface area contributed by atoms with Crippen molar-refractivity contribution in [2.75, 3.05) is 16.4 Å². The van der Waals surface area contributed by atoms with Crippen LogP contribution in [0.3, 0.4) is 0 Å². The predicted molar refractivity (Wildman–Crippen MR) is 104 cm³/mol. The zero-order valence-electron chi connectivity index (χ0n) is 12.8. The first-order valence-electron chi connectivity index (χ1n) is 7.39. The number of aromatic hydroxyl groups is 1. The number of carbonyl (C=O) groups excluding carboxylic acids is 1. The van der Waals surface area contributed by atoms with E-state index < -0.39 is 15.5 Å². The molecule has 0 aromatic heterocycles. The summed E-state index contributed by atoms with van der Waals surface area (Å²) in [5.41, 5.74) is 1.57. The van der Waals surface area contributed by atoms with Gasteiger partial charge >= 0.3 is 6.03 Å². The van der Waals surface area contributed by atoms with Gasteiger partial charge in [-0.05, 0) is 36.6 Å². The van der Waals surface area contributed by atoms with Crippen LogP contribution in [0.1, 0.15) is 12.0 Å². The van der Waals surface area contributed by atoms with E-state index in [1.54, 1.807) is 24.3 Å². The molecule has 0 saturated carbocycles. The van der Waals surface area contributed by atoms with E-state index in [1.807, 2.05) is 6.07 Å². The maximum absolute atomic E-state index is 12.2. The Balaban J connectivity index is 1.85. The van der Waals surface area contributed by atoms with E-state index in [0.717, 1.165) is 24.2 Å². The zero-order valence-corrected chi connectivity index (χ0v) is 16.0. The lowest BCUT2D eigenvalue weighted by Crippen LogP contribution is -2.20. The molecule has 3 N–H and O–H groups in total. The Morgan fingerprint density at radius 1 is 1.16 bits per heavy atom. The Morgan fingerprint density at radius 3 is 2.68 bits per heavy atom. The summed E-state index contributed by atoms with van der Waals surface area (Å²) in [4.78, 5) is 12.9. The Morgan fingerprint density at radius 2 is 1.92 bits per heavy atom. The van der Waals surface area contributed by atoms with Gasteiger partial charge in [0, 0.05) is 5.75 Å². The number of halogens is 2. The van der Waals surface area contributed by atoms with E-state index in [9.17, 15) is 14.1 Å². The van der Waals surface area contributed by atoms with Crippen molar-refractivity contribution in [2.45, 2.75) is 17.7 Å². The Hall–Kier alpha value is -1.54. The summed E-state index contributed by atoms with van der Waals surface area (Å²) in [7, 11) is -0.113. The lowest BCUT2D eigenvalue weighted by atomic mass is 10.1. The van der Waals surface area contributed by atoms with Crippen LogP contribution in [0, 0.1) is 0 Å². The number of urea groups is 1. The first-order valence-corrected chi connectivity index (χ1v) is 10.8. The Bertz CT molecular complexity index is 914. The van der Waals surface area contributed by atoms with Crippen LogP contribution in [0.15, 0.2) is 35.2 Å². The number of hydrogen-bond acceptors (Lipinski definition) is 3. The van der Waals surface area contributed by atoms with Crippen LogP contribution in [0.2, 0.25) is 10.0 Å². The van der Waals surface area contributed by atoms with Crippen LogP contribution < -0.4 is 10.6 Å². The monoisotopic (exact) mass is 416 g/mol. The van der Waals surface area contributed by atoms with Gasteiger partial charge in [-0.25, -0.2) is 9.00 Å². The summed E-state index contributed by atoms with van der Waals surface area (Å²) >= 11 is 12.0. The fourth-order valence-electron chi connectivity index (χ4n) is 2.60. The molecule has 1 aliphatic rings. The molecular weight excluding hydrogens is 403 g/mol. The molecule has 2 aromatic carbocycles. The summed E-state index contributed by atoms with van der Waals surface area (Å²) < 4.78 is 11.3. The van der Waals surface area contributed by atoms with Crippen LogP contribution >= 0.6 is 23.2 Å². The highest BCUT2D eigenvalue weighted by molar-refractivity contribution is 8.31. The molecule has 3 rings (SSSR count). The average molecular weight is 417 g/mol. The van der Waals surface area contributed by atoms with Gasteiger partial charge in [0.05, 0.1) is 26.3 Å². The minimum absolute atomic E-state index is 0.0452. The van der Waals surface area contributed by atoms with Crippen LogP contribution in [0.4, 0.5) is 16.2 Å². The van der Waals surface area contributed by atoms with Crippen molar-refractivity contribution in [1.29, 1.82) is 0 Å². The van der Waals surface area contributed by atoms with Crippen molar-refractivity contribution in [2.24, 2.45) is 0 Å². The van der Waals surface area contributed by atoms with Gasteiger partial charge in [0.25, 0.3) is 0 Å². The fraction of sp³-hybridized carbons (Fsp3) is 0.188. The zero-order chi connectivity index (χ0) is 18.0. The molecule has 0 aliphatic carbocycles. The average Bonchev–Trinajstić information content (AvgIpc) is 2.61. The van der Waals surface area contributed by atoms with Gasteiger partial charge in [-0.2, -0.15) is 0 Å². The summed E-state index contributed by atoms with van der Waals surface area (Å²) in [5.74, 6) is 0.693. The number of phenolic OH excluding ortho intramolecular Hbond substituents is 1. The maximum Gasteiger partial charge on any atom is 0.323 e. The topological polar surface area (TPSA) is 78.4 Å². The molecule has 1 unspecified atom stereocenters. The van der Waals surface area contributed by atoms with Gasteiger partial charge in [-0.3, -0.25) is 0 Å². The minimum Gasteiger partial charge on any atom is -0.505 e. The lowest BCUT2D eigenvalue weighted by Gasteiger charge is -2.20. The number of fused-ring (bicyclic) bond motifs is 1. The van der Waals surface area contributed by atoms with Crippen molar-refractivity contribution < 1.29 is 14.1 Å². The smallest absolute Gasteiger partial charge is 0.323 e. The number of anilines is 2. The molecule has 5 nitrogen and oxygen atoms in total. The van der Waals surface area contributed by atoms with Crippen molar-refractivity contribution in [3.63, 3.8) is 0 Å². The molecule has 132 valence electrons. The van der Waals surface area contributed by atoms with Gasteiger partial charge < -0.3 is 15.7 Å². The molecule has 1 heterocycles. The van der Waals surface area contributed by atoms with E-state index >= 15 is 0 Å². The van der Waals surface area contributed by atoms with Crippen molar-refractivity contribution in [1.82, 2.24) is 0 Å². The fourth-order valence-corrected chi connectivity index (χ4v) is 5.81. The van der Waals surface area contributed by atoms with Gasteiger partial charge in [0.2, 0.25) is 0 Å². The number of nitrogens with one attached hydrogen (secondary N) is 2. The molecular formula is C16H14Cl2N2O3S2. The normalized spacial score (nSPS) is 16.0. The third kappa shape index (κ3) is 3.84. The van der Waals surface area contributed by atoms with Gasteiger partial charge in [-0.1, -0.05) is 44.8 Å². The molecule has 2 aromatic rings. The lowest BCUT2D eigenvalue weighted by molar-refractivity contribution is 0.262. The number of carbonyl (C=O) groups is 1. The first-order chi connectivity index (χ1) is 12.0. The van der Waals surface area contributed by atoms with E-state index in [0.29, 0.717) is 25.8 Å². The molecule has 2 amide bonds. The molecule has 0 bridgehead atoms. The maximum atomic E-state index is 12.2. The largest absolute Gasteiger partial charge is 0.505 e. The third-order valence-corrected chi connectivity index (χ3v) is 7.79. The number of phenols is 1. The molecule has 9 heteroatoms. The van der Waals surface area contributed by atoms with E-state index in [4.69, 9.17) is 23.2 Å². The minimum atomic E-state index is -0.607. The number of hydrogen-bond donors (Lipinski definition) is 3. The number of benzene rings is 2. The second kappa shape index (κ2) is 7.78.